The lowest BCUT2D eigenvalue weighted by Crippen LogP contribution is -2.34. The van der Waals surface area contributed by atoms with Crippen molar-refractivity contribution in [2.75, 3.05) is 21.0 Å². The first-order valence-corrected chi connectivity index (χ1v) is 12.9. The molecule has 1 amide bonds. The van der Waals surface area contributed by atoms with Crippen molar-refractivity contribution in [3.63, 3.8) is 0 Å². The predicted octanol–water partition coefficient (Wildman–Crippen LogP) is 3.52. The maximum Gasteiger partial charge on any atom is 0.501 e. The minimum atomic E-state index is -4.67. The Morgan fingerprint density at radius 2 is 1.68 bits per heavy atom. The van der Waals surface area contributed by atoms with E-state index < -0.39 is 33.7 Å². The van der Waals surface area contributed by atoms with Crippen molar-refractivity contribution in [2.24, 2.45) is 0 Å². The number of hydrogen-bond acceptors (Lipinski definition) is 12. The molecule has 1 aromatic heterocycles. The van der Waals surface area contributed by atoms with Crippen LogP contribution in [0, 0.1) is 0 Å². The Kier molecular flexibility index (Phi) is 9.39. The lowest BCUT2D eigenvalue weighted by Gasteiger charge is -2.20. The van der Waals surface area contributed by atoms with Crippen LogP contribution >= 0.6 is 0 Å². The van der Waals surface area contributed by atoms with Crippen LogP contribution in [0.25, 0.3) is 17.0 Å². The molecule has 14 heteroatoms. The molecule has 0 radical (unpaired) electrons. The van der Waals surface area contributed by atoms with Crippen molar-refractivity contribution in [3.8, 4) is 17.2 Å². The summed E-state index contributed by atoms with van der Waals surface area (Å²) in [6.45, 7) is 4.75. The van der Waals surface area contributed by atoms with E-state index in [1.54, 1.807) is 20.8 Å². The van der Waals surface area contributed by atoms with Gasteiger partial charge in [-0.15, -0.1) is 8.42 Å². The first kappa shape index (κ1) is 30.0. The second-order valence-electron chi connectivity index (χ2n) is 8.96. The number of methoxy groups -OCH3 is 2. The largest absolute Gasteiger partial charge is 0.501 e. The number of carbonyl (C=O) groups is 2. The summed E-state index contributed by atoms with van der Waals surface area (Å²) in [5.74, 6) is -1.27. The fraction of sp³-hybridized carbons (Fsp3) is 0.269. The van der Waals surface area contributed by atoms with Crippen LogP contribution in [0.5, 0.6) is 17.2 Å². The molecule has 0 saturated heterocycles. The van der Waals surface area contributed by atoms with Crippen molar-refractivity contribution >= 4 is 39.5 Å². The molecule has 0 aliphatic carbocycles. The van der Waals surface area contributed by atoms with Crippen molar-refractivity contribution < 1.29 is 49.7 Å². The number of carbonyl (C=O) groups excluding carboxylic acids is 2. The van der Waals surface area contributed by atoms with Gasteiger partial charge >= 0.3 is 28.1 Å². The Labute approximate surface area is 229 Å². The molecule has 3 rings (SSSR count). The smallest absolute Gasteiger partial charge is 0.464 e. The van der Waals surface area contributed by atoms with E-state index in [9.17, 15) is 22.8 Å². The maximum atomic E-state index is 12.7. The number of hydrogen-bond donors (Lipinski definition) is 1. The zero-order valence-corrected chi connectivity index (χ0v) is 23.0. The highest BCUT2D eigenvalue weighted by Gasteiger charge is 2.22. The zero-order chi connectivity index (χ0) is 29.5. The predicted molar refractivity (Wildman–Crippen MR) is 141 cm³/mol. The fourth-order valence-corrected chi connectivity index (χ4v) is 3.81. The molecule has 1 N–H and O–H groups in total. The van der Waals surface area contributed by atoms with Gasteiger partial charge in [-0.3, -0.25) is 5.32 Å². The van der Waals surface area contributed by atoms with Gasteiger partial charge in [0.1, 0.15) is 22.6 Å². The van der Waals surface area contributed by atoms with Crippen LogP contribution in [0.15, 0.2) is 63.4 Å². The molecule has 40 heavy (non-hydrogen) atoms. The first-order valence-electron chi connectivity index (χ1n) is 11.5. The minimum Gasteiger partial charge on any atom is -0.464 e. The highest BCUT2D eigenvalue weighted by Crippen LogP contribution is 2.33. The van der Waals surface area contributed by atoms with E-state index in [0.29, 0.717) is 10.9 Å². The molecular weight excluding hydrogens is 550 g/mol. The third-order valence-corrected chi connectivity index (χ3v) is 5.42. The second kappa shape index (κ2) is 12.5. The van der Waals surface area contributed by atoms with E-state index in [1.807, 2.05) is 0 Å². The molecule has 2 aromatic carbocycles. The molecule has 13 nitrogen and oxygen atoms in total. The van der Waals surface area contributed by atoms with Crippen LogP contribution < -0.4 is 24.0 Å². The van der Waals surface area contributed by atoms with E-state index in [-0.39, 0.29) is 35.3 Å². The summed E-state index contributed by atoms with van der Waals surface area (Å²) in [5.41, 5.74) is -1.07. The fourth-order valence-electron chi connectivity index (χ4n) is 3.08. The quantitative estimate of drug-likeness (QED) is 0.161. The molecule has 0 fully saturated rings. The normalized spacial score (nSPS) is 12.0. The molecule has 0 unspecified atom stereocenters. The van der Waals surface area contributed by atoms with E-state index in [0.717, 1.165) is 13.2 Å². The van der Waals surface area contributed by atoms with Crippen LogP contribution in [-0.2, 0) is 29.4 Å². The van der Waals surface area contributed by atoms with Crippen LogP contribution in [0.3, 0.4) is 0 Å². The van der Waals surface area contributed by atoms with Crippen molar-refractivity contribution in [2.45, 2.75) is 26.4 Å². The average molecular weight is 578 g/mol. The number of nitrogens with one attached hydrogen (secondary N) is 1. The van der Waals surface area contributed by atoms with Crippen LogP contribution in [0.1, 0.15) is 26.3 Å². The summed E-state index contributed by atoms with van der Waals surface area (Å²) in [5, 5.41) is 2.69. The first-order chi connectivity index (χ1) is 18.8. The van der Waals surface area contributed by atoms with Crippen molar-refractivity contribution in [1.82, 2.24) is 5.32 Å². The minimum absolute atomic E-state index is 0.0795. The van der Waals surface area contributed by atoms with E-state index >= 15 is 0 Å². The van der Waals surface area contributed by atoms with Gasteiger partial charge in [0, 0.05) is 24.6 Å². The topological polar surface area (TPSA) is 166 Å². The van der Waals surface area contributed by atoms with Gasteiger partial charge < -0.3 is 31.7 Å². The zero-order valence-electron chi connectivity index (χ0n) is 22.2. The molecule has 3 aromatic rings. The van der Waals surface area contributed by atoms with Gasteiger partial charge in [0.05, 0.1) is 7.11 Å². The van der Waals surface area contributed by atoms with Crippen molar-refractivity contribution in [3.05, 3.63) is 70.2 Å². The SMILES string of the molecule is COCOc1cc2oc(=O)ccc2cc1OS(=O)(=O)Oc1ccc(/C=C(\NC(=O)OC(C)(C)C)C(=O)OC)cc1. The van der Waals surface area contributed by atoms with Gasteiger partial charge in [-0.1, -0.05) is 12.1 Å². The summed E-state index contributed by atoms with van der Waals surface area (Å²) in [6, 6.07) is 10.6. The van der Waals surface area contributed by atoms with Crippen LogP contribution in [0.4, 0.5) is 4.79 Å². The number of esters is 1. The molecule has 0 atom stereocenters. The Morgan fingerprint density at radius 3 is 2.30 bits per heavy atom. The highest BCUT2D eigenvalue weighted by molar-refractivity contribution is 7.82. The monoisotopic (exact) mass is 577 g/mol. The summed E-state index contributed by atoms with van der Waals surface area (Å²) in [7, 11) is -2.17. The summed E-state index contributed by atoms with van der Waals surface area (Å²) in [6.07, 6.45) is 0.439. The Hall–Kier alpha value is -4.56. The lowest BCUT2D eigenvalue weighted by molar-refractivity contribution is -0.136. The highest BCUT2D eigenvalue weighted by atomic mass is 32.3. The maximum absolute atomic E-state index is 12.7. The number of ether oxygens (including phenoxy) is 4. The molecule has 0 aliphatic heterocycles. The van der Waals surface area contributed by atoms with E-state index in [4.69, 9.17) is 31.7 Å². The van der Waals surface area contributed by atoms with E-state index in [1.165, 1.54) is 55.7 Å². The summed E-state index contributed by atoms with van der Waals surface area (Å²) >= 11 is 0. The van der Waals surface area contributed by atoms with Gasteiger partial charge in [0.2, 0.25) is 0 Å². The summed E-state index contributed by atoms with van der Waals surface area (Å²) in [4.78, 5) is 35.7. The van der Waals surface area contributed by atoms with Crippen LogP contribution in [0.2, 0.25) is 0 Å². The number of alkyl carbamates (subject to hydrolysis) is 1. The number of amides is 1. The third kappa shape index (κ3) is 8.74. The van der Waals surface area contributed by atoms with Gasteiger partial charge in [0.15, 0.2) is 18.3 Å². The van der Waals surface area contributed by atoms with Crippen LogP contribution in [-0.4, -0.2) is 47.1 Å². The van der Waals surface area contributed by atoms with E-state index in [2.05, 4.69) is 5.32 Å². The number of benzene rings is 2. The van der Waals surface area contributed by atoms with Crippen molar-refractivity contribution in [1.29, 1.82) is 0 Å². The second-order valence-corrected chi connectivity index (χ2v) is 10.1. The summed E-state index contributed by atoms with van der Waals surface area (Å²) < 4.78 is 60.6. The Balaban J connectivity index is 1.80. The number of rotatable bonds is 10. The molecule has 0 bridgehead atoms. The van der Waals surface area contributed by atoms with Gasteiger partial charge in [-0.05, 0) is 56.7 Å². The Bertz CT molecular complexity index is 1570. The van der Waals surface area contributed by atoms with Gasteiger partial charge in [-0.2, -0.15) is 0 Å². The lowest BCUT2D eigenvalue weighted by atomic mass is 10.2. The molecular formula is C26H27NO12S. The number of fused-ring (bicyclic) bond motifs is 1. The molecule has 0 spiro atoms. The molecule has 214 valence electrons. The Morgan fingerprint density at radius 1 is 0.975 bits per heavy atom. The molecule has 1 heterocycles. The standard InChI is InChI=1S/C26H27NO12S/c1-26(2,3)37-25(30)27-19(24(29)34-5)12-16-6-9-18(10-7-16)38-40(31,32)39-22-13-17-8-11-23(28)36-20(17)14-21(22)35-15-33-4/h6-14H,15H2,1-5H3,(H,27,30)/b19-12-. The third-order valence-electron chi connectivity index (χ3n) is 4.64. The average Bonchev–Trinajstić information content (AvgIpc) is 2.86. The van der Waals surface area contributed by atoms with Gasteiger partial charge in [-0.25, -0.2) is 14.4 Å². The molecule has 0 saturated carbocycles. The van der Waals surface area contributed by atoms with Gasteiger partial charge in [0.25, 0.3) is 0 Å². The molecule has 0 aliphatic rings.